The zero-order valence-corrected chi connectivity index (χ0v) is 19.7. The smallest absolute Gasteiger partial charge is 0.307 e. The fourth-order valence-corrected chi connectivity index (χ4v) is 4.38. The number of rotatable bonds is 9. The molecular weight excluding hydrogens is 468 g/mol. The Morgan fingerprint density at radius 2 is 1.71 bits per heavy atom. The summed E-state index contributed by atoms with van der Waals surface area (Å²) in [5, 5.41) is 4.80. The summed E-state index contributed by atoms with van der Waals surface area (Å²) in [6, 6.07) is 19.9. The molecule has 1 heterocycles. The van der Waals surface area contributed by atoms with Crippen LogP contribution in [0.1, 0.15) is 17.8 Å². The summed E-state index contributed by atoms with van der Waals surface area (Å²) >= 11 is 0. The lowest BCUT2D eigenvalue weighted by molar-refractivity contribution is -0.145. The standard InChI is InChI=1S/C24H24N6O4S/c1-16-6-2-5-9-20(16)27-24-29-21(28-23(25)30-24)15-34-22(31)12-13-26-35(32,33)19-11-10-17-7-3-4-8-18(17)14-19/h2-11,14,26H,12-13,15H2,1H3,(H3,25,27,28,29,30). The van der Waals surface area contributed by atoms with Crippen LogP contribution in [0.3, 0.4) is 0 Å². The largest absolute Gasteiger partial charge is 0.457 e. The van der Waals surface area contributed by atoms with Crippen molar-refractivity contribution >= 4 is 44.3 Å². The number of anilines is 3. The van der Waals surface area contributed by atoms with Gasteiger partial charge >= 0.3 is 5.97 Å². The summed E-state index contributed by atoms with van der Waals surface area (Å²) < 4.78 is 32.7. The Morgan fingerprint density at radius 1 is 0.971 bits per heavy atom. The number of nitrogen functional groups attached to an aromatic ring is 1. The lowest BCUT2D eigenvalue weighted by atomic mass is 10.1. The van der Waals surface area contributed by atoms with Crippen molar-refractivity contribution in [2.45, 2.75) is 24.8 Å². The number of nitrogens with zero attached hydrogens (tertiary/aromatic N) is 3. The van der Waals surface area contributed by atoms with Gasteiger partial charge in [-0.25, -0.2) is 13.1 Å². The molecule has 4 rings (SSSR count). The van der Waals surface area contributed by atoms with E-state index in [1.54, 1.807) is 12.1 Å². The third-order valence-electron chi connectivity index (χ3n) is 5.11. The molecule has 10 nitrogen and oxygen atoms in total. The molecule has 3 aromatic carbocycles. The van der Waals surface area contributed by atoms with Crippen molar-refractivity contribution < 1.29 is 17.9 Å². The SMILES string of the molecule is Cc1ccccc1Nc1nc(N)nc(COC(=O)CCNS(=O)(=O)c2ccc3ccccc3c2)n1. The van der Waals surface area contributed by atoms with Crippen molar-refractivity contribution in [2.24, 2.45) is 0 Å². The third-order valence-corrected chi connectivity index (χ3v) is 6.56. The molecule has 11 heteroatoms. The zero-order valence-electron chi connectivity index (χ0n) is 18.9. The molecule has 35 heavy (non-hydrogen) atoms. The van der Waals surface area contributed by atoms with E-state index < -0.39 is 16.0 Å². The fourth-order valence-electron chi connectivity index (χ4n) is 3.31. The van der Waals surface area contributed by atoms with Crippen LogP contribution < -0.4 is 15.8 Å². The van der Waals surface area contributed by atoms with E-state index in [1.165, 1.54) is 6.07 Å². The molecule has 0 amide bonds. The van der Waals surface area contributed by atoms with E-state index in [1.807, 2.05) is 55.5 Å². The molecule has 1 aromatic heterocycles. The fraction of sp³-hybridized carbons (Fsp3) is 0.167. The number of ether oxygens (including phenoxy) is 1. The van der Waals surface area contributed by atoms with Crippen molar-refractivity contribution in [2.75, 3.05) is 17.6 Å². The molecule has 0 saturated carbocycles. The molecule has 0 radical (unpaired) electrons. The van der Waals surface area contributed by atoms with Crippen LogP contribution in [0.15, 0.2) is 71.6 Å². The van der Waals surface area contributed by atoms with E-state index in [4.69, 9.17) is 10.5 Å². The van der Waals surface area contributed by atoms with E-state index >= 15 is 0 Å². The second-order valence-electron chi connectivity index (χ2n) is 7.69. The highest BCUT2D eigenvalue weighted by atomic mass is 32.2. The Hall–Kier alpha value is -4.09. The first-order valence-corrected chi connectivity index (χ1v) is 12.3. The predicted octanol–water partition coefficient (Wildman–Crippen LogP) is 3.07. The first-order valence-electron chi connectivity index (χ1n) is 10.8. The van der Waals surface area contributed by atoms with Gasteiger partial charge in [0.05, 0.1) is 11.3 Å². The van der Waals surface area contributed by atoms with Gasteiger partial charge in [0.1, 0.15) is 0 Å². The van der Waals surface area contributed by atoms with Crippen molar-refractivity contribution in [3.63, 3.8) is 0 Å². The molecule has 0 saturated heterocycles. The number of benzene rings is 3. The monoisotopic (exact) mass is 492 g/mol. The molecule has 0 aliphatic rings. The maximum absolute atomic E-state index is 12.6. The van der Waals surface area contributed by atoms with Crippen LogP contribution in [0.25, 0.3) is 10.8 Å². The number of carbonyl (C=O) groups is 1. The van der Waals surface area contributed by atoms with Gasteiger partial charge in [-0.1, -0.05) is 48.5 Å². The summed E-state index contributed by atoms with van der Waals surface area (Å²) in [5.74, 6) is -0.247. The molecule has 0 fully saturated rings. The van der Waals surface area contributed by atoms with Gasteiger partial charge in [-0.05, 0) is 41.5 Å². The Bertz CT molecular complexity index is 1480. The van der Waals surface area contributed by atoms with Crippen LogP contribution in [0.4, 0.5) is 17.6 Å². The van der Waals surface area contributed by atoms with E-state index in [-0.39, 0.29) is 42.2 Å². The second kappa shape index (κ2) is 10.5. The summed E-state index contributed by atoms with van der Waals surface area (Å²) in [5.41, 5.74) is 7.55. The van der Waals surface area contributed by atoms with Crippen molar-refractivity contribution in [1.82, 2.24) is 19.7 Å². The summed E-state index contributed by atoms with van der Waals surface area (Å²) in [6.07, 6.45) is -0.165. The molecule has 0 unspecified atom stereocenters. The molecule has 4 N–H and O–H groups in total. The number of aromatic nitrogens is 3. The van der Waals surface area contributed by atoms with Gasteiger partial charge in [-0.2, -0.15) is 15.0 Å². The lowest BCUT2D eigenvalue weighted by Crippen LogP contribution is -2.26. The predicted molar refractivity (Wildman–Crippen MR) is 132 cm³/mol. The minimum atomic E-state index is -3.77. The number of para-hydroxylation sites is 1. The molecule has 4 aromatic rings. The van der Waals surface area contributed by atoms with Gasteiger partial charge in [0.2, 0.25) is 21.9 Å². The van der Waals surface area contributed by atoms with Gasteiger partial charge in [-0.15, -0.1) is 0 Å². The van der Waals surface area contributed by atoms with Gasteiger partial charge in [-0.3, -0.25) is 4.79 Å². The van der Waals surface area contributed by atoms with Gasteiger partial charge < -0.3 is 15.8 Å². The molecule has 0 atom stereocenters. The molecular formula is C24H24N6O4S. The number of aryl methyl sites for hydroxylation is 1. The number of nitrogens with one attached hydrogen (secondary N) is 2. The minimum absolute atomic E-state index is 0.0229. The number of carbonyl (C=O) groups excluding carboxylic acids is 1. The van der Waals surface area contributed by atoms with Crippen LogP contribution >= 0.6 is 0 Å². The Balaban J connectivity index is 1.30. The van der Waals surface area contributed by atoms with Gasteiger partial charge in [0.25, 0.3) is 0 Å². The van der Waals surface area contributed by atoms with E-state index in [9.17, 15) is 13.2 Å². The quantitative estimate of drug-likeness (QED) is 0.300. The van der Waals surface area contributed by atoms with Crippen molar-refractivity contribution in [3.05, 3.63) is 78.1 Å². The number of hydrogen-bond acceptors (Lipinski definition) is 9. The molecule has 180 valence electrons. The van der Waals surface area contributed by atoms with E-state index in [0.717, 1.165) is 22.0 Å². The third kappa shape index (κ3) is 6.28. The van der Waals surface area contributed by atoms with Crippen LogP contribution in [-0.4, -0.2) is 35.9 Å². The molecule has 0 bridgehead atoms. The van der Waals surface area contributed by atoms with Crippen molar-refractivity contribution in [3.8, 4) is 0 Å². The lowest BCUT2D eigenvalue weighted by Gasteiger charge is -2.10. The second-order valence-corrected chi connectivity index (χ2v) is 9.46. The van der Waals surface area contributed by atoms with Crippen LogP contribution in [0.2, 0.25) is 0 Å². The van der Waals surface area contributed by atoms with Gasteiger partial charge in [0, 0.05) is 12.2 Å². The average Bonchev–Trinajstić information content (AvgIpc) is 2.83. The number of hydrogen-bond donors (Lipinski definition) is 3. The number of esters is 1. The average molecular weight is 493 g/mol. The van der Waals surface area contributed by atoms with Crippen LogP contribution in [-0.2, 0) is 26.2 Å². The molecule has 0 aliphatic heterocycles. The van der Waals surface area contributed by atoms with E-state index in [2.05, 4.69) is 25.0 Å². The van der Waals surface area contributed by atoms with Crippen LogP contribution in [0.5, 0.6) is 0 Å². The summed E-state index contributed by atoms with van der Waals surface area (Å²) in [4.78, 5) is 24.5. The number of fused-ring (bicyclic) bond motifs is 1. The Morgan fingerprint density at radius 3 is 2.51 bits per heavy atom. The highest BCUT2D eigenvalue weighted by Crippen LogP contribution is 2.19. The van der Waals surface area contributed by atoms with Crippen molar-refractivity contribution in [1.29, 1.82) is 0 Å². The Labute approximate surface area is 202 Å². The van der Waals surface area contributed by atoms with E-state index in [0.29, 0.717) is 0 Å². The Kier molecular flexibility index (Phi) is 7.18. The zero-order chi connectivity index (χ0) is 24.8. The maximum Gasteiger partial charge on any atom is 0.307 e. The normalized spacial score (nSPS) is 11.3. The first-order chi connectivity index (χ1) is 16.8. The van der Waals surface area contributed by atoms with Crippen LogP contribution in [0, 0.1) is 6.92 Å². The topological polar surface area (TPSA) is 149 Å². The highest BCUT2D eigenvalue weighted by Gasteiger charge is 2.15. The first kappa shape index (κ1) is 24.0. The minimum Gasteiger partial charge on any atom is -0.457 e. The van der Waals surface area contributed by atoms with Gasteiger partial charge in [0.15, 0.2) is 12.4 Å². The summed E-state index contributed by atoms with van der Waals surface area (Å²) in [7, 11) is -3.77. The number of nitrogens with two attached hydrogens (primary N) is 1. The molecule has 0 aliphatic carbocycles. The summed E-state index contributed by atoms with van der Waals surface area (Å²) in [6.45, 7) is 1.59. The highest BCUT2D eigenvalue weighted by molar-refractivity contribution is 7.89. The maximum atomic E-state index is 12.6. The molecule has 0 spiro atoms. The number of sulfonamides is 1.